The highest BCUT2D eigenvalue weighted by Crippen LogP contribution is 2.07. The summed E-state index contributed by atoms with van der Waals surface area (Å²) in [5, 5.41) is 5.30. The van der Waals surface area contributed by atoms with Crippen molar-refractivity contribution in [3.8, 4) is 0 Å². The van der Waals surface area contributed by atoms with E-state index in [0.717, 1.165) is 5.69 Å². The predicted octanol–water partition coefficient (Wildman–Crippen LogP) is 1.91. The number of carbonyl (C=O) groups is 1. The van der Waals surface area contributed by atoms with Gasteiger partial charge in [0.05, 0.1) is 6.33 Å². The molecule has 18 heavy (non-hydrogen) atoms. The lowest BCUT2D eigenvalue weighted by molar-refractivity contribution is 0.252. The number of H-pyrrole nitrogens is 1. The molecule has 94 valence electrons. The Bertz CT molecular complexity index is 495. The summed E-state index contributed by atoms with van der Waals surface area (Å²) in [4.78, 5) is 18.3. The van der Waals surface area contributed by atoms with Crippen molar-refractivity contribution in [1.29, 1.82) is 0 Å². The molecule has 0 unspecified atom stereocenters. The average molecular weight is 248 g/mol. The molecule has 0 spiro atoms. The van der Waals surface area contributed by atoms with Crippen molar-refractivity contribution >= 4 is 11.7 Å². The van der Waals surface area contributed by atoms with E-state index < -0.39 is 0 Å². The number of amides is 2. The van der Waals surface area contributed by atoms with Crippen molar-refractivity contribution < 1.29 is 9.18 Å². The first-order chi connectivity index (χ1) is 8.74. The third-order valence-electron chi connectivity index (χ3n) is 2.34. The number of rotatable bonds is 4. The highest BCUT2D eigenvalue weighted by atomic mass is 19.1. The van der Waals surface area contributed by atoms with Crippen molar-refractivity contribution in [3.63, 3.8) is 0 Å². The van der Waals surface area contributed by atoms with Crippen molar-refractivity contribution in [1.82, 2.24) is 15.3 Å². The monoisotopic (exact) mass is 248 g/mol. The van der Waals surface area contributed by atoms with Crippen LogP contribution in [0.2, 0.25) is 0 Å². The van der Waals surface area contributed by atoms with E-state index in [1.807, 2.05) is 0 Å². The van der Waals surface area contributed by atoms with Crippen molar-refractivity contribution in [2.75, 3.05) is 11.9 Å². The van der Waals surface area contributed by atoms with E-state index in [4.69, 9.17) is 0 Å². The maximum Gasteiger partial charge on any atom is 0.319 e. The predicted molar refractivity (Wildman–Crippen MR) is 65.7 cm³/mol. The summed E-state index contributed by atoms with van der Waals surface area (Å²) in [6.45, 7) is 0.495. The smallest absolute Gasteiger partial charge is 0.319 e. The van der Waals surface area contributed by atoms with Gasteiger partial charge in [0.25, 0.3) is 0 Å². The van der Waals surface area contributed by atoms with E-state index in [1.165, 1.54) is 24.3 Å². The molecule has 3 N–H and O–H groups in total. The number of nitrogens with one attached hydrogen (secondary N) is 3. The molecule has 2 rings (SSSR count). The largest absolute Gasteiger partial charge is 0.348 e. The maximum atomic E-state index is 12.6. The van der Waals surface area contributed by atoms with Crippen LogP contribution in [-0.2, 0) is 6.42 Å². The van der Waals surface area contributed by atoms with E-state index in [9.17, 15) is 9.18 Å². The zero-order valence-electron chi connectivity index (χ0n) is 9.61. The fourth-order valence-electron chi connectivity index (χ4n) is 1.44. The van der Waals surface area contributed by atoms with Crippen molar-refractivity contribution in [3.05, 3.63) is 48.3 Å². The van der Waals surface area contributed by atoms with Gasteiger partial charge in [-0.1, -0.05) is 0 Å². The Balaban J connectivity index is 1.73. The van der Waals surface area contributed by atoms with Crippen molar-refractivity contribution in [2.45, 2.75) is 6.42 Å². The molecule has 0 aliphatic carbocycles. The molecule has 0 aliphatic rings. The van der Waals surface area contributed by atoms with Gasteiger partial charge in [-0.15, -0.1) is 0 Å². The Morgan fingerprint density at radius 3 is 2.78 bits per heavy atom. The molecule has 0 radical (unpaired) electrons. The maximum absolute atomic E-state index is 12.6. The molecule has 1 heterocycles. The molecular weight excluding hydrogens is 235 g/mol. The number of aromatic amines is 1. The van der Waals surface area contributed by atoms with Crippen LogP contribution in [0.4, 0.5) is 14.9 Å². The molecule has 2 amide bonds. The minimum absolute atomic E-state index is 0.318. The number of anilines is 1. The zero-order chi connectivity index (χ0) is 12.8. The van der Waals surface area contributed by atoms with Crippen molar-refractivity contribution in [2.24, 2.45) is 0 Å². The van der Waals surface area contributed by atoms with Gasteiger partial charge >= 0.3 is 6.03 Å². The number of benzene rings is 1. The molecule has 6 heteroatoms. The molecule has 0 aliphatic heterocycles. The van der Waals surface area contributed by atoms with Crippen LogP contribution in [0.5, 0.6) is 0 Å². The van der Waals surface area contributed by atoms with Gasteiger partial charge in [0.2, 0.25) is 0 Å². The lowest BCUT2D eigenvalue weighted by Gasteiger charge is -2.06. The van der Waals surface area contributed by atoms with Gasteiger partial charge < -0.3 is 15.6 Å². The van der Waals surface area contributed by atoms with E-state index in [2.05, 4.69) is 20.6 Å². The summed E-state index contributed by atoms with van der Waals surface area (Å²) in [7, 11) is 0. The van der Waals surface area contributed by atoms with Gasteiger partial charge in [0.1, 0.15) is 5.82 Å². The molecule has 0 fully saturated rings. The molecule has 2 aromatic rings. The molecular formula is C12H13FN4O. The van der Waals surface area contributed by atoms with Gasteiger partial charge in [-0.3, -0.25) is 0 Å². The van der Waals surface area contributed by atoms with E-state index in [-0.39, 0.29) is 11.8 Å². The zero-order valence-corrected chi connectivity index (χ0v) is 9.61. The fraction of sp³-hybridized carbons (Fsp3) is 0.167. The Hall–Kier alpha value is -2.37. The number of halogens is 1. The molecule has 0 saturated carbocycles. The van der Waals surface area contributed by atoms with E-state index in [0.29, 0.717) is 18.7 Å². The average Bonchev–Trinajstić information content (AvgIpc) is 2.85. The fourth-order valence-corrected chi connectivity index (χ4v) is 1.44. The Kier molecular flexibility index (Phi) is 3.90. The first kappa shape index (κ1) is 12.1. The van der Waals surface area contributed by atoms with Gasteiger partial charge in [-0.05, 0) is 24.3 Å². The summed E-state index contributed by atoms with van der Waals surface area (Å²) in [5.41, 5.74) is 1.51. The molecule has 0 bridgehead atoms. The third-order valence-corrected chi connectivity index (χ3v) is 2.34. The number of imidazole rings is 1. The normalized spacial score (nSPS) is 10.1. The molecule has 1 aromatic carbocycles. The molecule has 0 atom stereocenters. The van der Waals surface area contributed by atoms with Crippen LogP contribution in [0.1, 0.15) is 5.69 Å². The highest BCUT2D eigenvalue weighted by molar-refractivity contribution is 5.89. The molecule has 0 saturated heterocycles. The minimum Gasteiger partial charge on any atom is -0.348 e. The van der Waals surface area contributed by atoms with Gasteiger partial charge in [0.15, 0.2) is 0 Å². The summed E-state index contributed by atoms with van der Waals surface area (Å²) in [5.74, 6) is -0.333. The number of urea groups is 1. The Morgan fingerprint density at radius 2 is 2.11 bits per heavy atom. The second kappa shape index (κ2) is 5.81. The first-order valence-corrected chi connectivity index (χ1v) is 5.52. The lowest BCUT2D eigenvalue weighted by atomic mass is 10.3. The SMILES string of the molecule is O=C(NCCc1cnc[nH]1)Nc1ccc(F)cc1. The van der Waals surface area contributed by atoms with Crippen LogP contribution in [0, 0.1) is 5.82 Å². The molecule has 1 aromatic heterocycles. The Labute approximate surface area is 103 Å². The summed E-state index contributed by atoms with van der Waals surface area (Å²) in [6, 6.07) is 5.27. The van der Waals surface area contributed by atoms with Crippen LogP contribution in [0.25, 0.3) is 0 Å². The van der Waals surface area contributed by atoms with E-state index in [1.54, 1.807) is 12.5 Å². The second-order valence-corrected chi connectivity index (χ2v) is 3.71. The topological polar surface area (TPSA) is 69.8 Å². The summed E-state index contributed by atoms with van der Waals surface area (Å²) < 4.78 is 12.6. The quantitative estimate of drug-likeness (QED) is 0.773. The van der Waals surface area contributed by atoms with Crippen LogP contribution in [0.15, 0.2) is 36.8 Å². The number of hydrogen-bond donors (Lipinski definition) is 3. The number of nitrogens with zero attached hydrogens (tertiary/aromatic N) is 1. The standard InChI is InChI=1S/C12H13FN4O/c13-9-1-3-10(4-2-9)17-12(18)15-6-5-11-7-14-8-16-11/h1-4,7-8H,5-6H2,(H,14,16)(H2,15,17,18). The highest BCUT2D eigenvalue weighted by Gasteiger charge is 2.01. The summed E-state index contributed by atoms with van der Waals surface area (Å²) in [6.07, 6.45) is 3.98. The van der Waals surface area contributed by atoms with E-state index >= 15 is 0 Å². The first-order valence-electron chi connectivity index (χ1n) is 5.52. The second-order valence-electron chi connectivity index (χ2n) is 3.71. The van der Waals surface area contributed by atoms with Crippen LogP contribution >= 0.6 is 0 Å². The minimum atomic E-state index is -0.333. The number of carbonyl (C=O) groups excluding carboxylic acids is 1. The van der Waals surface area contributed by atoms with Crippen LogP contribution < -0.4 is 10.6 Å². The third kappa shape index (κ3) is 3.58. The van der Waals surface area contributed by atoms with Gasteiger partial charge in [-0.2, -0.15) is 0 Å². The van der Waals surface area contributed by atoms with Crippen LogP contribution in [0.3, 0.4) is 0 Å². The van der Waals surface area contributed by atoms with Gasteiger partial charge in [-0.25, -0.2) is 14.2 Å². The van der Waals surface area contributed by atoms with Crippen LogP contribution in [-0.4, -0.2) is 22.5 Å². The lowest BCUT2D eigenvalue weighted by Crippen LogP contribution is -2.30. The molecule has 5 nitrogen and oxygen atoms in total. The summed E-state index contributed by atoms with van der Waals surface area (Å²) >= 11 is 0. The number of aromatic nitrogens is 2. The Morgan fingerprint density at radius 1 is 1.33 bits per heavy atom. The number of hydrogen-bond acceptors (Lipinski definition) is 2. The van der Waals surface area contributed by atoms with Gasteiger partial charge in [0, 0.05) is 30.5 Å².